The summed E-state index contributed by atoms with van der Waals surface area (Å²) in [6.07, 6.45) is 28.8. The van der Waals surface area contributed by atoms with Crippen molar-refractivity contribution in [1.82, 2.24) is 0 Å². The van der Waals surface area contributed by atoms with E-state index in [4.69, 9.17) is 28.4 Å². The second kappa shape index (κ2) is 42.1. The van der Waals surface area contributed by atoms with Crippen molar-refractivity contribution in [3.63, 3.8) is 0 Å². The van der Waals surface area contributed by atoms with Gasteiger partial charge in [0.25, 0.3) is 0 Å². The van der Waals surface area contributed by atoms with Gasteiger partial charge < -0.3 is 64.2 Å². The first-order valence-corrected chi connectivity index (χ1v) is 27.6. The molecule has 0 spiro atoms. The van der Waals surface area contributed by atoms with Gasteiger partial charge in [-0.3, -0.25) is 9.59 Å². The van der Waals surface area contributed by atoms with E-state index in [9.17, 15) is 45.3 Å². The summed E-state index contributed by atoms with van der Waals surface area (Å²) in [5.41, 5.74) is 0. The van der Waals surface area contributed by atoms with Gasteiger partial charge in [0.1, 0.15) is 55.4 Å². The van der Waals surface area contributed by atoms with Gasteiger partial charge in [-0.15, -0.1) is 0 Å². The number of carbonyl (C=O) groups excluding carboxylic acids is 2. The van der Waals surface area contributed by atoms with Crippen LogP contribution in [0, 0.1) is 0 Å². The number of allylic oxidation sites excluding steroid dienone is 6. The van der Waals surface area contributed by atoms with E-state index in [1.54, 1.807) is 0 Å². The summed E-state index contributed by atoms with van der Waals surface area (Å²) in [5, 5.41) is 72.2. The number of aliphatic hydroxyl groups is 7. The van der Waals surface area contributed by atoms with Gasteiger partial charge in [-0.1, -0.05) is 159 Å². The van der Waals surface area contributed by atoms with E-state index in [1.807, 2.05) is 0 Å². The highest BCUT2D eigenvalue weighted by Gasteiger charge is 2.47. The lowest BCUT2D eigenvalue weighted by Crippen LogP contribution is -2.61. The Balaban J connectivity index is 1.79. The fraction of sp³-hybridized carbons (Fsp3) is 0.855. The van der Waals surface area contributed by atoms with Gasteiger partial charge in [0, 0.05) is 12.8 Å². The number of unbranched alkanes of at least 4 members (excludes halogenated alkanes) is 23. The molecule has 2 saturated heterocycles. The van der Waals surface area contributed by atoms with Crippen molar-refractivity contribution in [2.24, 2.45) is 0 Å². The van der Waals surface area contributed by atoms with Gasteiger partial charge in [0.2, 0.25) is 0 Å². The van der Waals surface area contributed by atoms with Crippen LogP contribution in [0.15, 0.2) is 36.5 Å². The van der Waals surface area contributed by atoms with Crippen LogP contribution in [0.4, 0.5) is 0 Å². The van der Waals surface area contributed by atoms with Crippen LogP contribution in [-0.2, 0) is 38.0 Å². The van der Waals surface area contributed by atoms with Crippen molar-refractivity contribution < 1.29 is 73.8 Å². The Morgan fingerprint density at radius 1 is 0.457 bits per heavy atom. The molecule has 0 aromatic rings. The maximum atomic E-state index is 13.0. The molecule has 70 heavy (non-hydrogen) atoms. The van der Waals surface area contributed by atoms with Gasteiger partial charge in [0.15, 0.2) is 18.7 Å². The molecule has 2 aliphatic rings. The SMILES string of the molecule is CCCCCCCC/C=C/C/C=C/CCCCC(=O)OC[C@H](CO[C@H]1O[C@@H](CO[C@H]2O[C@@H](CO)[C@@H](O)C(O)C2O)[C@@H](O)C(O)C1O)OC(=O)CCCCCCCCCCC/C=C/CCCCCCCC. The lowest BCUT2D eigenvalue weighted by molar-refractivity contribution is -0.332. The van der Waals surface area contributed by atoms with Crippen LogP contribution in [-0.4, -0.2) is 142 Å². The minimum Gasteiger partial charge on any atom is -0.462 e. The van der Waals surface area contributed by atoms with Crippen LogP contribution in [0.5, 0.6) is 0 Å². The summed E-state index contributed by atoms with van der Waals surface area (Å²) in [5.74, 6) is -0.961. The monoisotopic (exact) mass is 999 g/mol. The molecule has 0 bridgehead atoms. The summed E-state index contributed by atoms with van der Waals surface area (Å²) < 4.78 is 33.6. The lowest BCUT2D eigenvalue weighted by atomic mass is 9.98. The van der Waals surface area contributed by atoms with Crippen molar-refractivity contribution >= 4 is 11.9 Å². The topological polar surface area (TPSA) is 231 Å². The molecule has 408 valence electrons. The molecule has 0 saturated carbocycles. The quantitative estimate of drug-likeness (QED) is 0.0173. The van der Waals surface area contributed by atoms with Gasteiger partial charge in [-0.25, -0.2) is 0 Å². The smallest absolute Gasteiger partial charge is 0.306 e. The van der Waals surface area contributed by atoms with Crippen LogP contribution in [0.25, 0.3) is 0 Å². The Kier molecular flexibility index (Phi) is 38.4. The number of rotatable bonds is 43. The number of aliphatic hydroxyl groups excluding tert-OH is 7. The number of hydrogen-bond donors (Lipinski definition) is 7. The van der Waals surface area contributed by atoms with Gasteiger partial charge in [0.05, 0.1) is 19.8 Å². The number of carbonyl (C=O) groups is 2. The van der Waals surface area contributed by atoms with Gasteiger partial charge in [-0.05, 0) is 70.6 Å². The lowest BCUT2D eigenvalue weighted by Gasteiger charge is -2.42. The zero-order valence-electron chi connectivity index (χ0n) is 43.3. The molecule has 4 unspecified atom stereocenters. The van der Waals surface area contributed by atoms with E-state index in [2.05, 4.69) is 50.3 Å². The normalized spacial score (nSPS) is 25.6. The molecule has 0 aliphatic carbocycles. The van der Waals surface area contributed by atoms with E-state index < -0.39 is 99.3 Å². The predicted molar refractivity (Wildman–Crippen MR) is 270 cm³/mol. The fourth-order valence-corrected chi connectivity index (χ4v) is 8.54. The number of esters is 2. The zero-order chi connectivity index (χ0) is 51.0. The number of hydrogen-bond acceptors (Lipinski definition) is 15. The molecule has 0 aromatic carbocycles. The van der Waals surface area contributed by atoms with Crippen LogP contribution >= 0.6 is 0 Å². The largest absolute Gasteiger partial charge is 0.462 e. The second-order valence-corrected chi connectivity index (χ2v) is 19.4. The number of ether oxygens (including phenoxy) is 6. The van der Waals surface area contributed by atoms with Crippen LogP contribution in [0.2, 0.25) is 0 Å². The third-order valence-corrected chi connectivity index (χ3v) is 13.1. The third kappa shape index (κ3) is 29.4. The average Bonchev–Trinajstić information content (AvgIpc) is 3.35. The Bertz CT molecular complexity index is 1360. The van der Waals surface area contributed by atoms with Crippen molar-refractivity contribution in [2.75, 3.05) is 26.4 Å². The van der Waals surface area contributed by atoms with E-state index in [1.165, 1.54) is 116 Å². The highest BCUT2D eigenvalue weighted by molar-refractivity contribution is 5.70. The summed E-state index contributed by atoms with van der Waals surface area (Å²) in [6.45, 7) is 2.56. The Hall–Kier alpha value is -2.28. The molecule has 2 aliphatic heterocycles. The van der Waals surface area contributed by atoms with Crippen LogP contribution in [0.1, 0.15) is 206 Å². The molecule has 11 atom stereocenters. The molecule has 15 nitrogen and oxygen atoms in total. The van der Waals surface area contributed by atoms with Crippen molar-refractivity contribution in [3.05, 3.63) is 36.5 Å². The van der Waals surface area contributed by atoms with Crippen molar-refractivity contribution in [1.29, 1.82) is 0 Å². The maximum Gasteiger partial charge on any atom is 0.306 e. The zero-order valence-corrected chi connectivity index (χ0v) is 43.3. The van der Waals surface area contributed by atoms with E-state index >= 15 is 0 Å². The fourth-order valence-electron chi connectivity index (χ4n) is 8.54. The Labute approximate surface area is 421 Å². The van der Waals surface area contributed by atoms with Crippen LogP contribution < -0.4 is 0 Å². The van der Waals surface area contributed by atoms with E-state index in [0.29, 0.717) is 12.8 Å². The Morgan fingerprint density at radius 3 is 1.37 bits per heavy atom. The first-order chi connectivity index (χ1) is 34.0. The minimum atomic E-state index is -1.77. The first kappa shape index (κ1) is 63.8. The summed E-state index contributed by atoms with van der Waals surface area (Å²) in [6, 6.07) is 0. The molecule has 7 N–H and O–H groups in total. The average molecular weight is 999 g/mol. The van der Waals surface area contributed by atoms with Crippen molar-refractivity contribution in [2.45, 2.75) is 274 Å². The third-order valence-electron chi connectivity index (χ3n) is 13.1. The van der Waals surface area contributed by atoms with Gasteiger partial charge in [-0.2, -0.15) is 0 Å². The standard InChI is InChI=1S/C55H98O15/c1-3-5-7-9-11-13-15-17-19-20-21-22-24-26-28-30-32-34-36-38-47(58)68-43(40-65-46(57)37-35-33-31-29-27-25-23-18-16-14-12-10-8-6-4-2)41-66-54-53(64)51(62)49(60)45(70-54)42-67-55-52(63)50(61)48(59)44(39-56)69-55/h17-19,23,27,29,43-45,48-56,59-64H,3-16,20-22,24-26,28,30-42H2,1-2H3/b19-17+,23-18+,29-27+/t43-,44+,45+,48-,49-,50?,51?,52?,53?,54+,55+/m1/s1. The second-order valence-electron chi connectivity index (χ2n) is 19.4. The summed E-state index contributed by atoms with van der Waals surface area (Å²) in [7, 11) is 0. The van der Waals surface area contributed by atoms with E-state index in [0.717, 1.165) is 51.4 Å². The Morgan fingerprint density at radius 2 is 0.857 bits per heavy atom. The minimum absolute atomic E-state index is 0.157. The molecule has 2 rings (SSSR count). The van der Waals surface area contributed by atoms with Crippen molar-refractivity contribution in [3.8, 4) is 0 Å². The molecule has 2 fully saturated rings. The van der Waals surface area contributed by atoms with Crippen LogP contribution in [0.3, 0.4) is 0 Å². The highest BCUT2D eigenvalue weighted by atomic mass is 16.7. The maximum absolute atomic E-state index is 13.0. The van der Waals surface area contributed by atoms with Gasteiger partial charge >= 0.3 is 11.9 Å². The highest BCUT2D eigenvalue weighted by Crippen LogP contribution is 2.26. The predicted octanol–water partition coefficient (Wildman–Crippen LogP) is 8.49. The molecular weight excluding hydrogens is 901 g/mol. The molecule has 0 amide bonds. The molecule has 0 radical (unpaired) electrons. The molecule has 0 aromatic heterocycles. The first-order valence-electron chi connectivity index (χ1n) is 27.6. The van der Waals surface area contributed by atoms with E-state index in [-0.39, 0.29) is 19.4 Å². The molecule has 15 heteroatoms. The summed E-state index contributed by atoms with van der Waals surface area (Å²) in [4.78, 5) is 25.8. The molecular formula is C55H98O15. The summed E-state index contributed by atoms with van der Waals surface area (Å²) >= 11 is 0. The molecule has 2 heterocycles.